The van der Waals surface area contributed by atoms with E-state index in [1.165, 1.54) is 12.1 Å². The number of aromatic nitrogens is 1. The molecule has 2 rings (SSSR count). The van der Waals surface area contributed by atoms with E-state index in [4.69, 9.17) is 16.3 Å². The Morgan fingerprint density at radius 2 is 1.88 bits per heavy atom. The molecule has 0 atom stereocenters. The largest absolute Gasteiger partial charge is 0.462 e. The minimum atomic E-state index is -0.530. The van der Waals surface area contributed by atoms with Crippen LogP contribution in [0.15, 0.2) is 18.2 Å². The highest BCUT2D eigenvalue weighted by Gasteiger charge is 2.26. The Balaban J connectivity index is 2.21. The van der Waals surface area contributed by atoms with Crippen LogP contribution in [0.1, 0.15) is 44.6 Å². The first-order valence-electron chi connectivity index (χ1n) is 8.27. The number of aryl methyl sites for hydroxylation is 2. The van der Waals surface area contributed by atoms with Gasteiger partial charge in [0.15, 0.2) is 5.78 Å². The van der Waals surface area contributed by atoms with Crippen LogP contribution in [-0.2, 0) is 11.3 Å². The zero-order valence-corrected chi connectivity index (χ0v) is 16.0. The molecule has 0 saturated carbocycles. The summed E-state index contributed by atoms with van der Waals surface area (Å²) in [5, 5.41) is 0.310. The van der Waals surface area contributed by atoms with Crippen molar-refractivity contribution in [2.75, 3.05) is 20.2 Å². The van der Waals surface area contributed by atoms with Crippen molar-refractivity contribution in [2.24, 2.45) is 0 Å². The molecule has 1 N–H and O–H groups in total. The number of carbonyl (C=O) groups excluding carboxylic acids is 2. The van der Waals surface area contributed by atoms with Gasteiger partial charge in [0.2, 0.25) is 0 Å². The van der Waals surface area contributed by atoms with Crippen LogP contribution in [0.25, 0.3) is 0 Å². The van der Waals surface area contributed by atoms with Crippen LogP contribution in [0.5, 0.6) is 0 Å². The van der Waals surface area contributed by atoms with Crippen molar-refractivity contribution in [3.8, 4) is 0 Å². The number of Topliss-reactive ketones (excluding diaryl/α,β-unsaturated/α-hetero) is 1. The predicted molar refractivity (Wildman–Crippen MR) is 98.3 cm³/mol. The quantitative estimate of drug-likeness (QED) is 0.584. The van der Waals surface area contributed by atoms with Gasteiger partial charge in [-0.3, -0.25) is 9.69 Å². The van der Waals surface area contributed by atoms with E-state index >= 15 is 0 Å². The number of nitrogens with zero attached hydrogens (tertiary/aromatic N) is 1. The highest BCUT2D eigenvalue weighted by molar-refractivity contribution is 6.31. The predicted octanol–water partition coefficient (Wildman–Crippen LogP) is 3.92. The number of carbonyl (C=O) groups is 2. The summed E-state index contributed by atoms with van der Waals surface area (Å²) in [6.45, 7) is 5.57. The molecule has 0 aliphatic carbocycles. The summed E-state index contributed by atoms with van der Waals surface area (Å²) >= 11 is 6.04. The van der Waals surface area contributed by atoms with Gasteiger partial charge in [0.25, 0.3) is 0 Å². The second-order valence-corrected chi connectivity index (χ2v) is 6.55. The van der Waals surface area contributed by atoms with Gasteiger partial charge in [-0.2, -0.15) is 0 Å². The van der Waals surface area contributed by atoms with Crippen molar-refractivity contribution in [3.63, 3.8) is 0 Å². The smallest absolute Gasteiger partial charge is 0.340 e. The Labute approximate surface area is 157 Å². The molecule has 140 valence electrons. The van der Waals surface area contributed by atoms with E-state index in [1.807, 2.05) is 0 Å². The average Bonchev–Trinajstić information content (AvgIpc) is 2.85. The molecular formula is C19H22ClFN2O3. The molecule has 5 nitrogen and oxygen atoms in total. The average molecular weight is 381 g/mol. The van der Waals surface area contributed by atoms with E-state index < -0.39 is 11.8 Å². The van der Waals surface area contributed by atoms with Crippen LogP contribution in [0.4, 0.5) is 4.39 Å². The number of hydrogen-bond acceptors (Lipinski definition) is 4. The number of H-pyrrole nitrogens is 1. The molecule has 0 radical (unpaired) electrons. The molecule has 0 aliphatic heterocycles. The number of halogens is 2. The van der Waals surface area contributed by atoms with Crippen LogP contribution in [-0.4, -0.2) is 41.8 Å². The molecule has 26 heavy (non-hydrogen) atoms. The number of aromatic amines is 1. The number of esters is 1. The van der Waals surface area contributed by atoms with Crippen molar-refractivity contribution in [2.45, 2.75) is 27.3 Å². The lowest BCUT2D eigenvalue weighted by molar-refractivity contribution is 0.0522. The van der Waals surface area contributed by atoms with E-state index in [2.05, 4.69) is 4.98 Å². The second kappa shape index (κ2) is 8.47. The third-order valence-corrected chi connectivity index (χ3v) is 4.39. The van der Waals surface area contributed by atoms with Crippen molar-refractivity contribution < 1.29 is 18.7 Å². The number of ketones is 1. The SMILES string of the molecule is CCOC(=O)c1c(C)[nH]c(C)c1C(=O)CN(C)Cc1c(F)cccc1Cl. The Kier molecular flexibility index (Phi) is 6.56. The van der Waals surface area contributed by atoms with E-state index in [1.54, 1.807) is 38.8 Å². The maximum atomic E-state index is 13.9. The topological polar surface area (TPSA) is 62.4 Å². The van der Waals surface area contributed by atoms with Crippen LogP contribution >= 0.6 is 11.6 Å². The van der Waals surface area contributed by atoms with E-state index in [9.17, 15) is 14.0 Å². The van der Waals surface area contributed by atoms with Crippen LogP contribution < -0.4 is 0 Å². The lowest BCUT2D eigenvalue weighted by atomic mass is 10.0. The molecular weight excluding hydrogens is 359 g/mol. The molecule has 0 saturated heterocycles. The number of benzene rings is 1. The van der Waals surface area contributed by atoms with Crippen molar-refractivity contribution in [1.29, 1.82) is 0 Å². The molecule has 1 heterocycles. The maximum Gasteiger partial charge on any atom is 0.340 e. The highest BCUT2D eigenvalue weighted by atomic mass is 35.5. The molecule has 0 aliphatic rings. The third kappa shape index (κ3) is 4.31. The minimum Gasteiger partial charge on any atom is -0.462 e. The van der Waals surface area contributed by atoms with Crippen molar-refractivity contribution in [3.05, 3.63) is 57.1 Å². The van der Waals surface area contributed by atoms with Gasteiger partial charge in [-0.25, -0.2) is 9.18 Å². The molecule has 2 aromatic rings. The number of hydrogen-bond donors (Lipinski definition) is 1. The lowest BCUT2D eigenvalue weighted by Gasteiger charge is -2.17. The van der Waals surface area contributed by atoms with Gasteiger partial charge in [0.1, 0.15) is 5.82 Å². The Hall–Kier alpha value is -2.18. The number of likely N-dealkylation sites (N-methyl/N-ethyl adjacent to an activating group) is 1. The molecule has 1 aromatic carbocycles. The normalized spacial score (nSPS) is 11.0. The number of rotatable bonds is 7. The zero-order valence-electron chi connectivity index (χ0n) is 15.3. The molecule has 0 unspecified atom stereocenters. The minimum absolute atomic E-state index is 0.00913. The van der Waals surface area contributed by atoms with E-state index in [0.29, 0.717) is 27.5 Å². The zero-order chi connectivity index (χ0) is 19.4. The van der Waals surface area contributed by atoms with E-state index in [-0.39, 0.29) is 31.0 Å². The Bertz CT molecular complexity index is 812. The van der Waals surface area contributed by atoms with Gasteiger partial charge in [-0.1, -0.05) is 17.7 Å². The Morgan fingerprint density at radius 1 is 1.23 bits per heavy atom. The van der Waals surface area contributed by atoms with Crippen LogP contribution in [0.3, 0.4) is 0 Å². The summed E-state index contributed by atoms with van der Waals surface area (Å²) in [6, 6.07) is 4.47. The van der Waals surface area contributed by atoms with Gasteiger partial charge in [0.05, 0.1) is 24.3 Å². The second-order valence-electron chi connectivity index (χ2n) is 6.14. The summed E-state index contributed by atoms with van der Waals surface area (Å²) in [4.78, 5) is 29.7. The number of nitrogens with one attached hydrogen (secondary N) is 1. The molecule has 0 bridgehead atoms. The fraction of sp³-hybridized carbons (Fsp3) is 0.368. The van der Waals surface area contributed by atoms with E-state index in [0.717, 1.165) is 0 Å². The highest BCUT2D eigenvalue weighted by Crippen LogP contribution is 2.23. The standard InChI is InChI=1S/C19H22ClFN2O3/c1-5-26-19(25)18-12(3)22-11(2)17(18)16(24)10-23(4)9-13-14(20)7-6-8-15(13)21/h6-8,22H,5,9-10H2,1-4H3. The maximum absolute atomic E-state index is 13.9. The fourth-order valence-electron chi connectivity index (χ4n) is 2.92. The summed E-state index contributed by atoms with van der Waals surface area (Å²) in [7, 11) is 1.69. The molecule has 1 aromatic heterocycles. The number of ether oxygens (including phenoxy) is 1. The third-order valence-electron chi connectivity index (χ3n) is 4.04. The summed E-state index contributed by atoms with van der Waals surface area (Å²) in [5.74, 6) is -1.19. The van der Waals surface area contributed by atoms with Crippen molar-refractivity contribution in [1.82, 2.24) is 9.88 Å². The van der Waals surface area contributed by atoms with Crippen LogP contribution in [0, 0.1) is 19.7 Å². The molecule has 0 spiro atoms. The molecule has 0 amide bonds. The first-order valence-corrected chi connectivity index (χ1v) is 8.64. The van der Waals surface area contributed by atoms with Gasteiger partial charge in [0, 0.05) is 28.5 Å². The van der Waals surface area contributed by atoms with Gasteiger partial charge < -0.3 is 9.72 Å². The summed E-state index contributed by atoms with van der Waals surface area (Å²) < 4.78 is 19.0. The molecule has 7 heteroatoms. The van der Waals surface area contributed by atoms with Gasteiger partial charge in [-0.05, 0) is 40.0 Å². The first-order chi connectivity index (χ1) is 12.3. The summed E-state index contributed by atoms with van der Waals surface area (Å²) in [5.41, 5.74) is 2.09. The van der Waals surface area contributed by atoms with Gasteiger partial charge in [-0.15, -0.1) is 0 Å². The lowest BCUT2D eigenvalue weighted by Crippen LogP contribution is -2.27. The van der Waals surface area contributed by atoms with Gasteiger partial charge >= 0.3 is 5.97 Å². The fourth-order valence-corrected chi connectivity index (χ4v) is 3.14. The Morgan fingerprint density at radius 3 is 2.50 bits per heavy atom. The molecule has 0 fully saturated rings. The van der Waals surface area contributed by atoms with Crippen molar-refractivity contribution >= 4 is 23.4 Å². The summed E-state index contributed by atoms with van der Waals surface area (Å²) in [6.07, 6.45) is 0. The van der Waals surface area contributed by atoms with Crippen LogP contribution in [0.2, 0.25) is 5.02 Å². The first kappa shape index (κ1) is 20.1. The monoisotopic (exact) mass is 380 g/mol.